The molecule has 0 atom stereocenters. The van der Waals surface area contributed by atoms with Crippen molar-refractivity contribution in [3.63, 3.8) is 0 Å². The van der Waals surface area contributed by atoms with Crippen LogP contribution in [-0.2, 0) is 27.8 Å². The van der Waals surface area contributed by atoms with Crippen LogP contribution in [0.4, 0.5) is 4.39 Å². The Morgan fingerprint density at radius 1 is 1.00 bits per heavy atom. The molecular weight excluding hydrogens is 515 g/mol. The van der Waals surface area contributed by atoms with Gasteiger partial charge in [-0.05, 0) is 81.3 Å². The maximum Gasteiger partial charge on any atom is 0.243 e. The van der Waals surface area contributed by atoms with Crippen LogP contribution in [0.2, 0.25) is 0 Å². The van der Waals surface area contributed by atoms with Gasteiger partial charge in [0, 0.05) is 22.3 Å². The Kier molecular flexibility index (Phi) is 9.69. The zero-order valence-electron chi connectivity index (χ0n) is 21.7. The van der Waals surface area contributed by atoms with Gasteiger partial charge in [0.05, 0.1) is 32.2 Å². The van der Waals surface area contributed by atoms with Crippen molar-refractivity contribution in [3.8, 4) is 11.5 Å². The summed E-state index contributed by atoms with van der Waals surface area (Å²) in [6, 6.07) is 13.7. The maximum absolute atomic E-state index is 13.6. The number of rotatable bonds is 12. The topological polar surface area (TPSA) is 76.2 Å². The number of hydrogen-bond donors (Lipinski definition) is 0. The Labute approximate surface area is 222 Å². The highest BCUT2D eigenvalue weighted by molar-refractivity contribution is 7.89. The summed E-state index contributed by atoms with van der Waals surface area (Å²) in [6.45, 7) is 5.85. The highest BCUT2D eigenvalue weighted by atomic mass is 32.2. The molecule has 1 heterocycles. The Balaban J connectivity index is 1.84. The SMILES string of the molecule is COc1ccc(CCN(Cc2ccc(C)s2)C(=O)CN(C(C)C)S(=O)(=O)c2ccc(F)cc2)cc1OC. The minimum Gasteiger partial charge on any atom is -0.493 e. The molecule has 37 heavy (non-hydrogen) atoms. The van der Waals surface area contributed by atoms with E-state index in [4.69, 9.17) is 9.47 Å². The van der Waals surface area contributed by atoms with E-state index in [0.29, 0.717) is 31.0 Å². The van der Waals surface area contributed by atoms with Gasteiger partial charge in [-0.2, -0.15) is 4.31 Å². The van der Waals surface area contributed by atoms with Crippen LogP contribution in [0.1, 0.15) is 29.2 Å². The summed E-state index contributed by atoms with van der Waals surface area (Å²) >= 11 is 1.60. The molecule has 0 aliphatic rings. The molecule has 0 radical (unpaired) electrons. The van der Waals surface area contributed by atoms with Crippen molar-refractivity contribution in [1.29, 1.82) is 0 Å². The van der Waals surface area contributed by atoms with Crippen molar-refractivity contribution in [2.45, 2.75) is 44.7 Å². The number of aryl methyl sites for hydroxylation is 1. The van der Waals surface area contributed by atoms with Gasteiger partial charge in [-0.3, -0.25) is 4.79 Å². The summed E-state index contributed by atoms with van der Waals surface area (Å²) in [5.41, 5.74) is 0.956. The summed E-state index contributed by atoms with van der Waals surface area (Å²) in [5, 5.41) is 0. The standard InChI is InChI=1S/C27H33FN2O5S2/c1-19(2)30(37(32,33)24-11-8-22(28)9-12-24)18-27(31)29(17-23-10-6-20(3)36-23)15-14-21-7-13-25(34-4)26(16-21)35-5/h6-13,16,19H,14-15,17-18H2,1-5H3. The number of amides is 1. The van der Waals surface area contributed by atoms with Crippen LogP contribution < -0.4 is 9.47 Å². The van der Waals surface area contributed by atoms with E-state index in [1.807, 2.05) is 37.3 Å². The van der Waals surface area contributed by atoms with Gasteiger partial charge in [-0.25, -0.2) is 12.8 Å². The van der Waals surface area contributed by atoms with Crippen LogP contribution in [0.25, 0.3) is 0 Å². The van der Waals surface area contributed by atoms with Crippen LogP contribution in [0.15, 0.2) is 59.5 Å². The Bertz CT molecular complexity index is 1310. The number of halogens is 1. The van der Waals surface area contributed by atoms with Crippen molar-refractivity contribution >= 4 is 27.3 Å². The Morgan fingerprint density at radius 3 is 2.24 bits per heavy atom. The van der Waals surface area contributed by atoms with Crippen molar-refractivity contribution in [1.82, 2.24) is 9.21 Å². The number of benzene rings is 2. The van der Waals surface area contributed by atoms with Gasteiger partial charge in [0.2, 0.25) is 15.9 Å². The lowest BCUT2D eigenvalue weighted by molar-refractivity contribution is -0.132. The molecule has 0 unspecified atom stereocenters. The summed E-state index contributed by atoms with van der Waals surface area (Å²) in [7, 11) is -0.868. The van der Waals surface area contributed by atoms with Crippen LogP contribution in [-0.4, -0.2) is 56.9 Å². The summed E-state index contributed by atoms with van der Waals surface area (Å²) in [5.74, 6) is 0.375. The Hall–Kier alpha value is -2.95. The van der Waals surface area contributed by atoms with E-state index in [0.717, 1.165) is 31.8 Å². The van der Waals surface area contributed by atoms with Crippen LogP contribution in [0, 0.1) is 12.7 Å². The molecule has 0 saturated heterocycles. The molecule has 2 aromatic carbocycles. The van der Waals surface area contributed by atoms with E-state index >= 15 is 0 Å². The fraction of sp³-hybridized carbons (Fsp3) is 0.370. The lowest BCUT2D eigenvalue weighted by atomic mass is 10.1. The lowest BCUT2D eigenvalue weighted by Gasteiger charge is -2.29. The second-order valence-electron chi connectivity index (χ2n) is 8.86. The number of nitrogens with zero attached hydrogens (tertiary/aromatic N) is 2. The van der Waals surface area contributed by atoms with E-state index < -0.39 is 21.9 Å². The maximum atomic E-state index is 13.6. The molecule has 3 aromatic rings. The second kappa shape index (κ2) is 12.5. The van der Waals surface area contributed by atoms with Crippen molar-refractivity contribution in [3.05, 3.63) is 75.7 Å². The largest absolute Gasteiger partial charge is 0.493 e. The first kappa shape index (κ1) is 28.6. The molecule has 3 rings (SSSR count). The smallest absolute Gasteiger partial charge is 0.243 e. The van der Waals surface area contributed by atoms with Crippen LogP contribution >= 0.6 is 11.3 Å². The van der Waals surface area contributed by atoms with Crippen molar-refractivity contribution in [2.24, 2.45) is 0 Å². The molecule has 0 bridgehead atoms. The van der Waals surface area contributed by atoms with E-state index in [1.165, 1.54) is 12.1 Å². The monoisotopic (exact) mass is 548 g/mol. The number of ether oxygens (including phenoxy) is 2. The lowest BCUT2D eigenvalue weighted by Crippen LogP contribution is -2.46. The summed E-state index contributed by atoms with van der Waals surface area (Å²) in [6.07, 6.45) is 0.544. The van der Waals surface area contributed by atoms with Gasteiger partial charge in [0.25, 0.3) is 0 Å². The van der Waals surface area contributed by atoms with Gasteiger partial charge in [-0.15, -0.1) is 11.3 Å². The molecule has 0 aliphatic heterocycles. The number of carbonyl (C=O) groups excluding carboxylic acids is 1. The highest BCUT2D eigenvalue weighted by Crippen LogP contribution is 2.28. The minimum absolute atomic E-state index is 0.0545. The number of carbonyl (C=O) groups is 1. The molecule has 1 amide bonds. The molecule has 0 spiro atoms. The van der Waals surface area contributed by atoms with Gasteiger partial charge >= 0.3 is 0 Å². The predicted octanol–water partition coefficient (Wildman–Crippen LogP) is 4.88. The average Bonchev–Trinajstić information content (AvgIpc) is 3.29. The molecule has 0 saturated carbocycles. The number of thiophene rings is 1. The van der Waals surface area contributed by atoms with E-state index in [2.05, 4.69) is 0 Å². The van der Waals surface area contributed by atoms with Crippen LogP contribution in [0.5, 0.6) is 11.5 Å². The average molecular weight is 549 g/mol. The molecule has 0 aliphatic carbocycles. The minimum atomic E-state index is -4.01. The van der Waals surface area contributed by atoms with Crippen LogP contribution in [0.3, 0.4) is 0 Å². The van der Waals surface area contributed by atoms with E-state index in [1.54, 1.807) is 44.3 Å². The molecule has 7 nitrogen and oxygen atoms in total. The zero-order chi connectivity index (χ0) is 27.2. The van der Waals surface area contributed by atoms with E-state index in [-0.39, 0.29) is 17.3 Å². The van der Waals surface area contributed by atoms with Crippen molar-refractivity contribution < 1.29 is 27.1 Å². The zero-order valence-corrected chi connectivity index (χ0v) is 23.4. The summed E-state index contributed by atoms with van der Waals surface area (Å²) in [4.78, 5) is 17.3. The first-order valence-corrected chi connectivity index (χ1v) is 14.1. The third-order valence-electron chi connectivity index (χ3n) is 5.90. The quantitative estimate of drug-likeness (QED) is 0.322. The van der Waals surface area contributed by atoms with Gasteiger partial charge in [0.15, 0.2) is 11.5 Å². The highest BCUT2D eigenvalue weighted by Gasteiger charge is 2.31. The number of hydrogen-bond acceptors (Lipinski definition) is 6. The molecule has 0 fully saturated rings. The number of sulfonamides is 1. The fourth-order valence-electron chi connectivity index (χ4n) is 3.87. The normalized spacial score (nSPS) is 11.7. The predicted molar refractivity (Wildman–Crippen MR) is 143 cm³/mol. The molecule has 200 valence electrons. The molecule has 10 heteroatoms. The van der Waals surface area contributed by atoms with E-state index in [9.17, 15) is 17.6 Å². The third kappa shape index (κ3) is 7.30. The molecular formula is C27H33FN2O5S2. The first-order chi connectivity index (χ1) is 17.5. The van der Waals surface area contributed by atoms with Gasteiger partial charge in [-0.1, -0.05) is 6.07 Å². The fourth-order valence-corrected chi connectivity index (χ4v) is 6.36. The van der Waals surface area contributed by atoms with Gasteiger partial charge in [0.1, 0.15) is 5.82 Å². The van der Waals surface area contributed by atoms with Gasteiger partial charge < -0.3 is 14.4 Å². The number of methoxy groups -OCH3 is 2. The molecule has 0 N–H and O–H groups in total. The molecule has 1 aromatic heterocycles. The first-order valence-electron chi connectivity index (χ1n) is 11.9. The second-order valence-corrected chi connectivity index (χ2v) is 12.1. The Morgan fingerprint density at radius 2 is 1.68 bits per heavy atom. The van der Waals surface area contributed by atoms with Crippen molar-refractivity contribution in [2.75, 3.05) is 27.3 Å². The summed E-state index contributed by atoms with van der Waals surface area (Å²) < 4.78 is 51.9. The third-order valence-corrected chi connectivity index (χ3v) is 8.92.